The summed E-state index contributed by atoms with van der Waals surface area (Å²) >= 11 is 0. The van der Waals surface area contributed by atoms with Crippen LogP contribution in [0.25, 0.3) is 0 Å². The van der Waals surface area contributed by atoms with Crippen molar-refractivity contribution in [3.05, 3.63) is 65.2 Å². The van der Waals surface area contributed by atoms with Crippen LogP contribution in [-0.4, -0.2) is 39.4 Å². The molecule has 3 rings (SSSR count). The summed E-state index contributed by atoms with van der Waals surface area (Å²) in [5.41, 5.74) is 2.42. The van der Waals surface area contributed by atoms with Crippen LogP contribution < -0.4 is 5.32 Å². The largest absolute Gasteiger partial charge is 0.444 e. The molecule has 0 heterocycles. The maximum absolute atomic E-state index is 12.3. The third-order valence-electron chi connectivity index (χ3n) is 4.95. The van der Waals surface area contributed by atoms with Gasteiger partial charge in [-0.2, -0.15) is 8.42 Å². The van der Waals surface area contributed by atoms with Gasteiger partial charge in [-0.05, 0) is 51.0 Å². The zero-order valence-electron chi connectivity index (χ0n) is 19.3. The van der Waals surface area contributed by atoms with Crippen molar-refractivity contribution in [2.75, 3.05) is 13.2 Å². The van der Waals surface area contributed by atoms with Crippen LogP contribution in [-0.2, 0) is 30.2 Å². The second-order valence-corrected chi connectivity index (χ2v) is 10.4. The molecule has 1 aliphatic rings. The molecule has 0 spiro atoms. The summed E-state index contributed by atoms with van der Waals surface area (Å²) in [6, 6.07) is 13.8. The third-order valence-corrected chi connectivity index (χ3v) is 6.22. The first kappa shape index (κ1) is 24.8. The third kappa shape index (κ3) is 7.06. The maximum atomic E-state index is 12.3. The molecular weight excluding hydrogens is 442 g/mol. The lowest BCUT2D eigenvalue weighted by Gasteiger charge is -2.25. The van der Waals surface area contributed by atoms with Gasteiger partial charge < -0.3 is 14.8 Å². The highest BCUT2D eigenvalue weighted by molar-refractivity contribution is 7.86. The number of carbonyl (C=O) groups excluding carboxylic acids is 1. The van der Waals surface area contributed by atoms with Crippen LogP contribution in [0.3, 0.4) is 0 Å². The first-order valence-electron chi connectivity index (χ1n) is 10.7. The van der Waals surface area contributed by atoms with Gasteiger partial charge in [-0.25, -0.2) is 4.79 Å². The predicted octanol–water partition coefficient (Wildman–Crippen LogP) is 3.91. The van der Waals surface area contributed by atoms with Gasteiger partial charge in [0.1, 0.15) is 18.8 Å². The van der Waals surface area contributed by atoms with Crippen molar-refractivity contribution in [3.8, 4) is 11.8 Å². The van der Waals surface area contributed by atoms with E-state index in [2.05, 4.69) is 17.2 Å². The Labute approximate surface area is 195 Å². The molecule has 33 heavy (non-hydrogen) atoms. The molecule has 2 aromatic rings. The van der Waals surface area contributed by atoms with Crippen molar-refractivity contribution in [2.45, 2.75) is 56.8 Å². The Morgan fingerprint density at radius 1 is 1.06 bits per heavy atom. The van der Waals surface area contributed by atoms with Crippen LogP contribution >= 0.6 is 0 Å². The molecule has 0 fully saturated rings. The number of hydrogen-bond acceptors (Lipinski definition) is 6. The molecule has 176 valence electrons. The van der Waals surface area contributed by atoms with Gasteiger partial charge >= 0.3 is 6.09 Å². The normalized spacial score (nSPS) is 17.6. The van der Waals surface area contributed by atoms with Crippen LogP contribution in [0.1, 0.15) is 43.5 Å². The Kier molecular flexibility index (Phi) is 7.80. The Hall–Kier alpha value is -2.86. The van der Waals surface area contributed by atoms with Crippen LogP contribution in [0, 0.1) is 18.8 Å². The van der Waals surface area contributed by atoms with Gasteiger partial charge in [-0.3, -0.25) is 4.18 Å². The van der Waals surface area contributed by atoms with E-state index in [4.69, 9.17) is 13.7 Å². The number of aryl methyl sites for hydroxylation is 1. The lowest BCUT2D eigenvalue weighted by atomic mass is 10.1. The molecule has 0 radical (unpaired) electrons. The molecule has 0 saturated carbocycles. The van der Waals surface area contributed by atoms with Crippen LogP contribution in [0.4, 0.5) is 4.79 Å². The van der Waals surface area contributed by atoms with Crippen molar-refractivity contribution in [1.82, 2.24) is 5.32 Å². The molecule has 0 bridgehead atoms. The second-order valence-electron chi connectivity index (χ2n) is 8.76. The second kappa shape index (κ2) is 10.4. The minimum Gasteiger partial charge on any atom is -0.444 e. The number of benzene rings is 2. The van der Waals surface area contributed by atoms with E-state index in [1.54, 1.807) is 32.9 Å². The van der Waals surface area contributed by atoms with Crippen molar-refractivity contribution >= 4 is 16.2 Å². The van der Waals surface area contributed by atoms with Gasteiger partial charge in [0.25, 0.3) is 10.1 Å². The minimum absolute atomic E-state index is 0.0685. The molecule has 0 saturated heterocycles. The number of ether oxygens (including phenoxy) is 2. The molecule has 1 amide bonds. The quantitative estimate of drug-likeness (QED) is 0.507. The summed E-state index contributed by atoms with van der Waals surface area (Å²) < 4.78 is 40.6. The van der Waals surface area contributed by atoms with E-state index in [9.17, 15) is 13.2 Å². The first-order chi connectivity index (χ1) is 15.5. The summed E-state index contributed by atoms with van der Waals surface area (Å²) in [7, 11) is -3.86. The SMILES string of the molecule is Cc1ccc(S(=O)(=O)OCC#CCO[C@@H]2Cc3ccccc3[C@@H]2NC(=O)OC(C)(C)C)cc1. The summed E-state index contributed by atoms with van der Waals surface area (Å²) in [5.74, 6) is 5.44. The van der Waals surface area contributed by atoms with Crippen LogP contribution in [0.5, 0.6) is 0 Å². The van der Waals surface area contributed by atoms with Crippen molar-refractivity contribution < 1.29 is 26.9 Å². The van der Waals surface area contributed by atoms with Crippen LogP contribution in [0.2, 0.25) is 0 Å². The van der Waals surface area contributed by atoms with Gasteiger partial charge in [0.2, 0.25) is 0 Å². The number of alkyl carbamates (subject to hydrolysis) is 1. The number of carbonyl (C=O) groups is 1. The average Bonchev–Trinajstić information content (AvgIpc) is 3.07. The molecule has 1 N–H and O–H groups in total. The molecule has 8 heteroatoms. The van der Waals surface area contributed by atoms with E-state index < -0.39 is 21.8 Å². The molecule has 0 aromatic heterocycles. The van der Waals surface area contributed by atoms with Crippen molar-refractivity contribution in [3.63, 3.8) is 0 Å². The standard InChI is InChI=1S/C25H29NO6S/c1-18-11-13-20(14-12-18)33(28,29)31-16-8-7-15-30-22-17-19-9-5-6-10-21(19)23(22)26-24(27)32-25(2,3)4/h5-6,9-14,22-23H,15-17H2,1-4H3,(H,26,27)/t22-,23+/m1/s1. The minimum atomic E-state index is -3.86. The fraction of sp³-hybridized carbons (Fsp3) is 0.400. The number of fused-ring (bicyclic) bond motifs is 1. The van der Waals surface area contributed by atoms with E-state index in [0.717, 1.165) is 16.7 Å². The van der Waals surface area contributed by atoms with E-state index in [-0.39, 0.29) is 30.3 Å². The molecule has 0 aliphatic heterocycles. The van der Waals surface area contributed by atoms with Crippen LogP contribution in [0.15, 0.2) is 53.4 Å². The molecule has 0 unspecified atom stereocenters. The lowest BCUT2D eigenvalue weighted by molar-refractivity contribution is 0.0304. The number of amides is 1. The Morgan fingerprint density at radius 2 is 1.73 bits per heavy atom. The van der Waals surface area contributed by atoms with Gasteiger partial charge in [-0.1, -0.05) is 53.8 Å². The molecule has 1 aliphatic carbocycles. The fourth-order valence-electron chi connectivity index (χ4n) is 3.45. The lowest BCUT2D eigenvalue weighted by Crippen LogP contribution is -2.39. The van der Waals surface area contributed by atoms with Gasteiger partial charge in [0, 0.05) is 6.42 Å². The van der Waals surface area contributed by atoms with Gasteiger partial charge in [0.15, 0.2) is 0 Å². The molecule has 2 aromatic carbocycles. The Morgan fingerprint density at radius 3 is 2.42 bits per heavy atom. The van der Waals surface area contributed by atoms with E-state index in [1.807, 2.05) is 31.2 Å². The molecular formula is C25H29NO6S. The monoisotopic (exact) mass is 471 g/mol. The van der Waals surface area contributed by atoms with Gasteiger partial charge in [-0.15, -0.1) is 0 Å². The molecule has 7 nitrogen and oxygen atoms in total. The van der Waals surface area contributed by atoms with Gasteiger partial charge in [0.05, 0.1) is 17.0 Å². The smallest absolute Gasteiger partial charge is 0.408 e. The highest BCUT2D eigenvalue weighted by Crippen LogP contribution is 2.33. The van der Waals surface area contributed by atoms with Crippen molar-refractivity contribution in [1.29, 1.82) is 0 Å². The van der Waals surface area contributed by atoms with E-state index in [1.165, 1.54) is 12.1 Å². The first-order valence-corrected chi connectivity index (χ1v) is 12.1. The summed E-state index contributed by atoms with van der Waals surface area (Å²) in [6.07, 6.45) is -0.212. The Bertz CT molecular complexity index is 1140. The highest BCUT2D eigenvalue weighted by Gasteiger charge is 2.35. The highest BCUT2D eigenvalue weighted by atomic mass is 32.2. The van der Waals surface area contributed by atoms with E-state index >= 15 is 0 Å². The average molecular weight is 472 g/mol. The number of nitrogens with one attached hydrogen (secondary N) is 1. The Balaban J connectivity index is 1.55. The maximum Gasteiger partial charge on any atom is 0.408 e. The molecule has 2 atom stereocenters. The summed E-state index contributed by atoms with van der Waals surface area (Å²) in [5, 5.41) is 2.90. The summed E-state index contributed by atoms with van der Waals surface area (Å²) in [4.78, 5) is 12.4. The fourth-order valence-corrected chi connectivity index (χ4v) is 4.27. The van der Waals surface area contributed by atoms with Crippen molar-refractivity contribution in [2.24, 2.45) is 0 Å². The number of hydrogen-bond donors (Lipinski definition) is 1. The zero-order valence-corrected chi connectivity index (χ0v) is 20.1. The summed E-state index contributed by atoms with van der Waals surface area (Å²) in [6.45, 7) is 7.09. The topological polar surface area (TPSA) is 90.9 Å². The van der Waals surface area contributed by atoms with E-state index in [0.29, 0.717) is 6.42 Å². The number of rotatable bonds is 6. The predicted molar refractivity (Wildman–Crippen MR) is 124 cm³/mol. The zero-order chi connectivity index (χ0) is 24.1.